The lowest BCUT2D eigenvalue weighted by atomic mass is 10.1. The Morgan fingerprint density at radius 2 is 2.14 bits per heavy atom. The van der Waals surface area contributed by atoms with Gasteiger partial charge >= 0.3 is 0 Å². The molecule has 0 spiro atoms. The Kier molecular flexibility index (Phi) is 1.77. The van der Waals surface area contributed by atoms with Crippen molar-refractivity contribution in [3.8, 4) is 0 Å². The molecule has 0 saturated carbocycles. The highest BCUT2D eigenvalue weighted by molar-refractivity contribution is 5.60. The monoisotopic (exact) mass is 188 g/mol. The Morgan fingerprint density at radius 3 is 3.07 bits per heavy atom. The van der Waals surface area contributed by atoms with Crippen LogP contribution in [0.25, 0.3) is 0 Å². The molecule has 2 unspecified atom stereocenters. The van der Waals surface area contributed by atoms with Crippen LogP contribution in [0.2, 0.25) is 0 Å². The molecule has 0 radical (unpaired) electrons. The lowest BCUT2D eigenvalue weighted by Crippen LogP contribution is -2.54. The Hall–Kier alpha value is -1.02. The molecule has 0 aliphatic carbocycles. The molecule has 74 valence electrons. The van der Waals surface area contributed by atoms with Gasteiger partial charge in [0.2, 0.25) is 0 Å². The zero-order valence-electron chi connectivity index (χ0n) is 8.53. The summed E-state index contributed by atoms with van der Waals surface area (Å²) in [5, 5.41) is 3.50. The lowest BCUT2D eigenvalue weighted by molar-refractivity contribution is 0.430. The van der Waals surface area contributed by atoms with E-state index in [2.05, 4.69) is 41.4 Å². The number of rotatable bonds is 0. The number of para-hydroxylation sites is 1. The van der Waals surface area contributed by atoms with Crippen LogP contribution < -0.4 is 10.2 Å². The predicted molar refractivity (Wildman–Crippen MR) is 58.7 cm³/mol. The lowest BCUT2D eigenvalue weighted by Gasteiger charge is -2.38. The second kappa shape index (κ2) is 2.99. The van der Waals surface area contributed by atoms with Crippen molar-refractivity contribution in [1.29, 1.82) is 0 Å². The van der Waals surface area contributed by atoms with Gasteiger partial charge in [0.1, 0.15) is 0 Å². The summed E-state index contributed by atoms with van der Waals surface area (Å²) < 4.78 is 0. The van der Waals surface area contributed by atoms with Crippen LogP contribution in [0, 0.1) is 0 Å². The van der Waals surface area contributed by atoms with E-state index in [-0.39, 0.29) is 0 Å². The van der Waals surface area contributed by atoms with Gasteiger partial charge in [-0.15, -0.1) is 0 Å². The van der Waals surface area contributed by atoms with Crippen molar-refractivity contribution in [2.75, 3.05) is 18.0 Å². The molecule has 14 heavy (non-hydrogen) atoms. The number of benzene rings is 1. The van der Waals surface area contributed by atoms with Crippen molar-refractivity contribution in [1.82, 2.24) is 5.32 Å². The van der Waals surface area contributed by atoms with Gasteiger partial charge in [-0.05, 0) is 25.0 Å². The largest absolute Gasteiger partial charge is 0.363 e. The van der Waals surface area contributed by atoms with Crippen LogP contribution in [0.1, 0.15) is 12.5 Å². The smallest absolute Gasteiger partial charge is 0.0459 e. The molecule has 2 heterocycles. The number of hydrogen-bond acceptors (Lipinski definition) is 2. The maximum absolute atomic E-state index is 3.50. The fourth-order valence-electron chi connectivity index (χ4n) is 2.81. The number of fused-ring (bicyclic) bond motifs is 3. The summed E-state index contributed by atoms with van der Waals surface area (Å²) in [7, 11) is 0. The molecule has 0 bridgehead atoms. The Bertz CT molecular complexity index is 348. The maximum Gasteiger partial charge on any atom is 0.0459 e. The van der Waals surface area contributed by atoms with Crippen LogP contribution in [-0.4, -0.2) is 25.2 Å². The Balaban J connectivity index is 2.03. The molecule has 1 aromatic rings. The molecular formula is C12H16N2. The SMILES string of the molecule is CC1CNCC2Cc3ccccc3N12. The number of piperazine rings is 1. The van der Waals surface area contributed by atoms with Gasteiger partial charge in [0.05, 0.1) is 0 Å². The summed E-state index contributed by atoms with van der Waals surface area (Å²) in [6.07, 6.45) is 1.22. The standard InChI is InChI=1S/C12H16N2/c1-9-7-13-8-11-6-10-4-2-3-5-12(10)14(9)11/h2-5,9,11,13H,6-8H2,1H3. The molecule has 2 nitrogen and oxygen atoms in total. The summed E-state index contributed by atoms with van der Waals surface area (Å²) in [4.78, 5) is 2.59. The van der Waals surface area contributed by atoms with Gasteiger partial charge in [0, 0.05) is 30.9 Å². The first-order chi connectivity index (χ1) is 6.86. The second-order valence-electron chi connectivity index (χ2n) is 4.40. The average molecular weight is 188 g/mol. The van der Waals surface area contributed by atoms with Crippen LogP contribution in [-0.2, 0) is 6.42 Å². The molecule has 2 aliphatic rings. The quantitative estimate of drug-likeness (QED) is 0.662. The minimum atomic E-state index is 0.636. The highest BCUT2D eigenvalue weighted by Crippen LogP contribution is 2.34. The van der Waals surface area contributed by atoms with E-state index in [0.717, 1.165) is 13.1 Å². The van der Waals surface area contributed by atoms with E-state index in [1.54, 1.807) is 0 Å². The van der Waals surface area contributed by atoms with Gasteiger partial charge in [-0.25, -0.2) is 0 Å². The van der Waals surface area contributed by atoms with E-state index in [4.69, 9.17) is 0 Å². The van der Waals surface area contributed by atoms with Crippen molar-refractivity contribution < 1.29 is 0 Å². The number of anilines is 1. The Labute approximate surface area is 84.9 Å². The molecule has 2 heteroatoms. The van der Waals surface area contributed by atoms with Crippen LogP contribution in [0.4, 0.5) is 5.69 Å². The van der Waals surface area contributed by atoms with E-state index in [1.807, 2.05) is 0 Å². The molecule has 1 N–H and O–H groups in total. The zero-order valence-corrected chi connectivity index (χ0v) is 8.53. The number of nitrogens with one attached hydrogen (secondary N) is 1. The van der Waals surface area contributed by atoms with Crippen LogP contribution in [0.15, 0.2) is 24.3 Å². The third-order valence-electron chi connectivity index (χ3n) is 3.41. The summed E-state index contributed by atoms with van der Waals surface area (Å²) in [6, 6.07) is 10.1. The van der Waals surface area contributed by atoms with E-state index < -0.39 is 0 Å². The van der Waals surface area contributed by atoms with Gasteiger partial charge in [0.25, 0.3) is 0 Å². The van der Waals surface area contributed by atoms with E-state index in [1.165, 1.54) is 17.7 Å². The van der Waals surface area contributed by atoms with E-state index in [9.17, 15) is 0 Å². The minimum Gasteiger partial charge on any atom is -0.363 e. The molecule has 1 fully saturated rings. The summed E-state index contributed by atoms with van der Waals surface area (Å²) in [6.45, 7) is 4.56. The molecule has 0 amide bonds. The molecule has 1 saturated heterocycles. The highest BCUT2D eigenvalue weighted by Gasteiger charge is 2.34. The first-order valence-electron chi connectivity index (χ1n) is 5.43. The molecule has 2 atom stereocenters. The highest BCUT2D eigenvalue weighted by atomic mass is 15.3. The first kappa shape index (κ1) is 8.30. The fourth-order valence-corrected chi connectivity index (χ4v) is 2.81. The molecule has 2 aliphatic heterocycles. The van der Waals surface area contributed by atoms with Crippen molar-refractivity contribution in [3.05, 3.63) is 29.8 Å². The van der Waals surface area contributed by atoms with Gasteiger partial charge in [-0.3, -0.25) is 0 Å². The van der Waals surface area contributed by atoms with Crippen molar-refractivity contribution in [2.24, 2.45) is 0 Å². The van der Waals surface area contributed by atoms with E-state index in [0.29, 0.717) is 12.1 Å². The molecular weight excluding hydrogens is 172 g/mol. The zero-order chi connectivity index (χ0) is 9.54. The van der Waals surface area contributed by atoms with Gasteiger partial charge in [-0.2, -0.15) is 0 Å². The Morgan fingerprint density at radius 1 is 1.29 bits per heavy atom. The van der Waals surface area contributed by atoms with Gasteiger partial charge in [-0.1, -0.05) is 18.2 Å². The third-order valence-corrected chi connectivity index (χ3v) is 3.41. The maximum atomic E-state index is 3.50. The topological polar surface area (TPSA) is 15.3 Å². The second-order valence-corrected chi connectivity index (χ2v) is 4.40. The first-order valence-corrected chi connectivity index (χ1v) is 5.43. The number of hydrogen-bond donors (Lipinski definition) is 1. The molecule has 3 rings (SSSR count). The van der Waals surface area contributed by atoms with Crippen LogP contribution >= 0.6 is 0 Å². The van der Waals surface area contributed by atoms with Crippen LogP contribution in [0.3, 0.4) is 0 Å². The fraction of sp³-hybridized carbons (Fsp3) is 0.500. The third kappa shape index (κ3) is 1.07. The van der Waals surface area contributed by atoms with Crippen LogP contribution in [0.5, 0.6) is 0 Å². The van der Waals surface area contributed by atoms with E-state index >= 15 is 0 Å². The number of nitrogens with zero attached hydrogens (tertiary/aromatic N) is 1. The van der Waals surface area contributed by atoms with Crippen molar-refractivity contribution in [3.63, 3.8) is 0 Å². The normalized spacial score (nSPS) is 29.9. The predicted octanol–water partition coefficient (Wildman–Crippen LogP) is 1.41. The summed E-state index contributed by atoms with van der Waals surface area (Å²) in [5.41, 5.74) is 2.99. The minimum absolute atomic E-state index is 0.636. The molecule has 0 aromatic heterocycles. The van der Waals surface area contributed by atoms with Gasteiger partial charge < -0.3 is 10.2 Å². The summed E-state index contributed by atoms with van der Waals surface area (Å²) >= 11 is 0. The van der Waals surface area contributed by atoms with Crippen molar-refractivity contribution >= 4 is 5.69 Å². The molecule has 1 aromatic carbocycles. The van der Waals surface area contributed by atoms with Gasteiger partial charge in [0.15, 0.2) is 0 Å². The average Bonchev–Trinajstić information content (AvgIpc) is 2.57. The summed E-state index contributed by atoms with van der Waals surface area (Å²) in [5.74, 6) is 0. The van der Waals surface area contributed by atoms with Crippen molar-refractivity contribution in [2.45, 2.75) is 25.4 Å².